The van der Waals surface area contributed by atoms with Gasteiger partial charge in [-0.3, -0.25) is 0 Å². The van der Waals surface area contributed by atoms with Crippen molar-refractivity contribution in [3.63, 3.8) is 0 Å². The molecule has 0 aliphatic carbocycles. The first-order valence-corrected chi connectivity index (χ1v) is 3.23. The van der Waals surface area contributed by atoms with Gasteiger partial charge in [-0.25, -0.2) is 4.42 Å². The third-order valence-corrected chi connectivity index (χ3v) is 1.28. The minimum atomic E-state index is 0. The van der Waals surface area contributed by atoms with Gasteiger partial charge in [-0.05, 0) is 0 Å². The monoisotopic (exact) mass is 220 g/mol. The maximum atomic E-state index is 5.21. The summed E-state index contributed by atoms with van der Waals surface area (Å²) >= 11 is 4.16. The molecule has 1 aromatic heterocycles. The molecule has 0 radical (unpaired) electrons. The molecule has 1 nitrogen and oxygen atoms in total. The smallest absolute Gasteiger partial charge is 0.327 e. The van der Waals surface area contributed by atoms with E-state index in [0.29, 0.717) is 0 Å². The molecule has 0 bridgehead atoms. The number of hydrogen-bond donors (Lipinski definition) is 1. The van der Waals surface area contributed by atoms with Crippen molar-refractivity contribution in [2.24, 2.45) is 0 Å². The van der Waals surface area contributed by atoms with Crippen molar-refractivity contribution in [2.45, 2.75) is 18.7 Å². The average Bonchev–Trinajstić information content (AvgIpc) is 1.59. The van der Waals surface area contributed by atoms with Crippen LogP contribution in [0.4, 0.5) is 0 Å². The lowest BCUT2D eigenvalue weighted by Crippen LogP contribution is -3.00. The van der Waals surface area contributed by atoms with Crippen molar-refractivity contribution >= 4 is 12.6 Å². The van der Waals surface area contributed by atoms with Crippen molar-refractivity contribution in [1.82, 2.24) is 0 Å². The van der Waals surface area contributed by atoms with Gasteiger partial charge in [-0.2, -0.15) is 0 Å². The van der Waals surface area contributed by atoms with Gasteiger partial charge in [0.15, 0.2) is 0 Å². The van der Waals surface area contributed by atoms with Crippen LogP contribution in [0.25, 0.3) is 0 Å². The lowest BCUT2D eigenvalue weighted by atomic mass is 10.4. The van der Waals surface area contributed by atoms with Crippen LogP contribution in [-0.4, -0.2) is 0 Å². The highest BCUT2D eigenvalue weighted by molar-refractivity contribution is 7.80. The van der Waals surface area contributed by atoms with Gasteiger partial charge in [-0.1, -0.05) is 0 Å². The van der Waals surface area contributed by atoms with Gasteiger partial charge in [0.2, 0.25) is 0 Å². The summed E-state index contributed by atoms with van der Waals surface area (Å²) in [4.78, 5) is 0.955. The summed E-state index contributed by atoms with van der Waals surface area (Å²) in [5, 5.41) is 0. The topological polar surface area (TPSA) is 11.3 Å². The first-order chi connectivity index (χ1) is 4.18. The summed E-state index contributed by atoms with van der Waals surface area (Å²) in [5.74, 6) is 1.81. The van der Waals surface area contributed by atoms with E-state index in [4.69, 9.17) is 4.42 Å². The quantitative estimate of drug-likeness (QED) is 0.458. The Morgan fingerprint density at radius 2 is 1.60 bits per heavy atom. The summed E-state index contributed by atoms with van der Waals surface area (Å²) < 4.78 is 5.21. The molecule has 56 valence electrons. The Labute approximate surface area is 76.6 Å². The van der Waals surface area contributed by atoms with Crippen molar-refractivity contribution in [3.8, 4) is 0 Å². The second-order valence-electron chi connectivity index (χ2n) is 2.04. The van der Waals surface area contributed by atoms with E-state index >= 15 is 0 Å². The van der Waals surface area contributed by atoms with E-state index in [-0.39, 0.29) is 17.0 Å². The van der Waals surface area contributed by atoms with Crippen LogP contribution in [0.2, 0.25) is 0 Å². The van der Waals surface area contributed by atoms with Gasteiger partial charge in [0.25, 0.3) is 0 Å². The van der Waals surface area contributed by atoms with E-state index in [0.717, 1.165) is 16.4 Å². The van der Waals surface area contributed by atoms with Gasteiger partial charge in [-0.15, -0.1) is 12.6 Å². The molecule has 1 aromatic rings. The molecule has 1 heterocycles. The molecule has 0 aliphatic rings. The Hall–Kier alpha value is -0.0200. The molecule has 0 N–H and O–H groups in total. The Kier molecular flexibility index (Phi) is 3.98. The fraction of sp³-hybridized carbons (Fsp3) is 0.286. The second-order valence-corrected chi connectivity index (χ2v) is 2.55. The second kappa shape index (κ2) is 3.98. The zero-order valence-electron chi connectivity index (χ0n) is 5.89. The predicted octanol–water partition coefficient (Wildman–Crippen LogP) is -0.530. The number of halogens is 1. The molecule has 1 rings (SSSR count). The van der Waals surface area contributed by atoms with Crippen LogP contribution in [0.5, 0.6) is 0 Å². The van der Waals surface area contributed by atoms with E-state index in [2.05, 4.69) is 12.6 Å². The molecule has 10 heavy (non-hydrogen) atoms. The zero-order chi connectivity index (χ0) is 6.85. The summed E-state index contributed by atoms with van der Waals surface area (Å²) in [7, 11) is 0. The van der Waals surface area contributed by atoms with Crippen molar-refractivity contribution < 1.29 is 21.4 Å². The molecule has 0 saturated heterocycles. The normalized spacial score (nSPS) is 8.70. The van der Waals surface area contributed by atoms with Crippen LogP contribution in [0.15, 0.2) is 21.4 Å². The van der Waals surface area contributed by atoms with Crippen LogP contribution in [0, 0.1) is 13.8 Å². The maximum Gasteiger partial charge on any atom is 0.327 e. The van der Waals surface area contributed by atoms with Gasteiger partial charge in [0.05, 0.1) is 26.0 Å². The summed E-state index contributed by atoms with van der Waals surface area (Å²) in [6, 6.07) is 3.77. The molecule has 0 fully saturated rings. The fourth-order valence-electron chi connectivity index (χ4n) is 0.771. The Balaban J connectivity index is 0.000000810. The van der Waals surface area contributed by atoms with Crippen molar-refractivity contribution in [2.75, 3.05) is 0 Å². The first kappa shape index (κ1) is 9.98. The highest BCUT2D eigenvalue weighted by atomic mass is 79.9. The number of rotatable bonds is 0. The molecular formula is C7H9BrOS. The number of thiol groups is 1. The molecular weight excluding hydrogens is 212 g/mol. The minimum Gasteiger partial charge on any atom is -1.00 e. The largest absolute Gasteiger partial charge is 1.00 e. The fourth-order valence-corrected chi connectivity index (χ4v) is 1.13. The predicted molar refractivity (Wildman–Crippen MR) is 39.8 cm³/mol. The minimum absolute atomic E-state index is 0. The Bertz CT molecular complexity index is 174. The van der Waals surface area contributed by atoms with Crippen LogP contribution in [0.3, 0.4) is 0 Å². The van der Waals surface area contributed by atoms with Crippen LogP contribution in [0.1, 0.15) is 11.5 Å². The Morgan fingerprint density at radius 1 is 1.20 bits per heavy atom. The molecule has 0 spiro atoms. The van der Waals surface area contributed by atoms with E-state index in [1.54, 1.807) is 0 Å². The van der Waals surface area contributed by atoms with Gasteiger partial charge in [0, 0.05) is 4.90 Å². The van der Waals surface area contributed by atoms with E-state index in [1.165, 1.54) is 0 Å². The molecule has 3 heteroatoms. The molecule has 0 aromatic carbocycles. The van der Waals surface area contributed by atoms with Crippen LogP contribution < -0.4 is 17.0 Å². The van der Waals surface area contributed by atoms with E-state index in [9.17, 15) is 0 Å². The Morgan fingerprint density at radius 3 is 1.90 bits per heavy atom. The van der Waals surface area contributed by atoms with Gasteiger partial charge >= 0.3 is 11.5 Å². The third-order valence-electron chi connectivity index (χ3n) is 1.02. The molecule has 0 amide bonds. The van der Waals surface area contributed by atoms with Crippen molar-refractivity contribution in [1.29, 1.82) is 0 Å². The van der Waals surface area contributed by atoms with E-state index < -0.39 is 0 Å². The number of aryl methyl sites for hydroxylation is 2. The van der Waals surface area contributed by atoms with Gasteiger partial charge < -0.3 is 17.0 Å². The zero-order valence-corrected chi connectivity index (χ0v) is 8.37. The molecule has 0 atom stereocenters. The molecule has 0 saturated carbocycles. The number of hydrogen-bond acceptors (Lipinski definition) is 1. The maximum absolute atomic E-state index is 5.21. The molecule has 0 aliphatic heterocycles. The SMILES string of the molecule is Cc1cc(S)cc(C)[o+]1.[Br-]. The standard InChI is InChI=1S/C7H8OS.BrH/c1-5-3-7(9)4-6(2)8-5;/h3-4H,1-2H3;1H. The van der Waals surface area contributed by atoms with Crippen LogP contribution in [-0.2, 0) is 0 Å². The van der Waals surface area contributed by atoms with E-state index in [1.807, 2.05) is 26.0 Å². The lowest BCUT2D eigenvalue weighted by Gasteiger charge is -1.83. The highest BCUT2D eigenvalue weighted by Crippen LogP contribution is 2.11. The van der Waals surface area contributed by atoms with Crippen LogP contribution >= 0.6 is 12.6 Å². The first-order valence-electron chi connectivity index (χ1n) is 2.79. The highest BCUT2D eigenvalue weighted by Gasteiger charge is 2.03. The van der Waals surface area contributed by atoms with Crippen molar-refractivity contribution in [3.05, 3.63) is 23.7 Å². The summed E-state index contributed by atoms with van der Waals surface area (Å²) in [6.07, 6.45) is 0. The average molecular weight is 221 g/mol. The molecule has 0 unspecified atom stereocenters. The third kappa shape index (κ3) is 2.71. The van der Waals surface area contributed by atoms with Gasteiger partial charge in [0.1, 0.15) is 0 Å². The lowest BCUT2D eigenvalue weighted by molar-refractivity contribution is -0.00000270. The summed E-state index contributed by atoms with van der Waals surface area (Å²) in [5.41, 5.74) is 0. The summed E-state index contributed by atoms with van der Waals surface area (Å²) in [6.45, 7) is 3.82.